The number of hydrogen-bond donors (Lipinski definition) is 3. The van der Waals surface area contributed by atoms with Crippen LogP contribution in [0.3, 0.4) is 0 Å². The van der Waals surface area contributed by atoms with Crippen LogP contribution in [0.15, 0.2) is 0 Å². The molecule has 0 spiro atoms. The van der Waals surface area contributed by atoms with Gasteiger partial charge in [0.15, 0.2) is 0 Å². The van der Waals surface area contributed by atoms with E-state index in [0.717, 1.165) is 0 Å². The van der Waals surface area contributed by atoms with Crippen molar-refractivity contribution in [3.63, 3.8) is 0 Å². The molecule has 0 amide bonds. The summed E-state index contributed by atoms with van der Waals surface area (Å²) >= 11 is 0. The lowest BCUT2D eigenvalue weighted by Crippen LogP contribution is -2.38. The van der Waals surface area contributed by atoms with Crippen LogP contribution in [-0.4, -0.2) is 33.5 Å². The summed E-state index contributed by atoms with van der Waals surface area (Å²) in [7, 11) is 0. The number of aliphatic hydroxyl groups is 2. The van der Waals surface area contributed by atoms with Crippen molar-refractivity contribution in [1.82, 2.24) is 0 Å². The molecule has 0 saturated carbocycles. The molecule has 0 bridgehead atoms. The van der Waals surface area contributed by atoms with E-state index in [1.165, 1.54) is 13.8 Å². The first kappa shape index (κ1) is 10.4. The molecule has 0 aromatic carbocycles. The van der Waals surface area contributed by atoms with Crippen molar-refractivity contribution in [3.05, 3.63) is 0 Å². The molecule has 0 radical (unpaired) electrons. The topological polar surface area (TPSA) is 77.8 Å². The van der Waals surface area contributed by atoms with Crippen LogP contribution in [-0.2, 0) is 4.79 Å². The minimum Gasteiger partial charge on any atom is -0.481 e. The van der Waals surface area contributed by atoms with E-state index in [1.807, 2.05) is 0 Å². The molecule has 0 saturated heterocycles. The summed E-state index contributed by atoms with van der Waals surface area (Å²) in [5.41, 5.74) is -1.32. The molecule has 0 aliphatic heterocycles. The Labute approximate surface area is 65.5 Å². The van der Waals surface area contributed by atoms with Gasteiger partial charge in [-0.2, -0.15) is 0 Å². The van der Waals surface area contributed by atoms with E-state index in [4.69, 9.17) is 10.2 Å². The lowest BCUT2D eigenvalue weighted by atomic mass is 9.88. The lowest BCUT2D eigenvalue weighted by Gasteiger charge is -2.26. The average Bonchev–Trinajstić information content (AvgIpc) is 1.86. The lowest BCUT2D eigenvalue weighted by molar-refractivity contribution is -0.150. The molecule has 0 aliphatic rings. The molecule has 0 rings (SSSR count). The maximum atomic E-state index is 10.4. The van der Waals surface area contributed by atoms with Crippen molar-refractivity contribution in [2.24, 2.45) is 5.92 Å². The zero-order chi connectivity index (χ0) is 9.07. The first-order valence-electron chi connectivity index (χ1n) is 3.48. The van der Waals surface area contributed by atoms with E-state index >= 15 is 0 Å². The first-order valence-corrected chi connectivity index (χ1v) is 3.48. The van der Waals surface area contributed by atoms with Crippen LogP contribution in [0.4, 0.5) is 0 Å². The third-order valence-corrected chi connectivity index (χ3v) is 1.92. The zero-order valence-electron chi connectivity index (χ0n) is 6.74. The Bertz CT molecular complexity index is 141. The van der Waals surface area contributed by atoms with Crippen LogP contribution >= 0.6 is 0 Å². The standard InChI is InChI=1S/C7H14O4/c1-5(6(9)10)7(2,11)3-4-8/h5,8,11H,3-4H2,1-2H3,(H,9,10). The summed E-state index contributed by atoms with van der Waals surface area (Å²) in [4.78, 5) is 10.4. The SMILES string of the molecule is CC(C(=O)O)C(C)(O)CCO. The smallest absolute Gasteiger partial charge is 0.309 e. The van der Waals surface area contributed by atoms with E-state index < -0.39 is 17.5 Å². The number of aliphatic carboxylic acids is 1. The summed E-state index contributed by atoms with van der Waals surface area (Å²) in [5.74, 6) is -1.90. The molecule has 0 heterocycles. The van der Waals surface area contributed by atoms with E-state index in [0.29, 0.717) is 0 Å². The van der Waals surface area contributed by atoms with E-state index in [2.05, 4.69) is 0 Å². The number of carboxylic acid groups (broad SMARTS) is 1. The summed E-state index contributed by atoms with van der Waals surface area (Å²) in [5, 5.41) is 26.4. The van der Waals surface area contributed by atoms with Crippen LogP contribution < -0.4 is 0 Å². The van der Waals surface area contributed by atoms with Crippen LogP contribution in [0.1, 0.15) is 20.3 Å². The molecular weight excluding hydrogens is 148 g/mol. The predicted octanol–water partition coefficient (Wildman–Crippen LogP) is -0.160. The van der Waals surface area contributed by atoms with E-state index in [1.54, 1.807) is 0 Å². The molecule has 66 valence electrons. The third kappa shape index (κ3) is 2.86. The molecule has 0 aromatic heterocycles. The van der Waals surface area contributed by atoms with Crippen molar-refractivity contribution >= 4 is 5.97 Å². The second-order valence-electron chi connectivity index (χ2n) is 2.89. The van der Waals surface area contributed by atoms with Crippen molar-refractivity contribution in [2.45, 2.75) is 25.9 Å². The summed E-state index contributed by atoms with van der Waals surface area (Å²) in [6, 6.07) is 0. The van der Waals surface area contributed by atoms with E-state index in [9.17, 15) is 9.90 Å². The fourth-order valence-electron chi connectivity index (χ4n) is 0.709. The highest BCUT2D eigenvalue weighted by atomic mass is 16.4. The maximum absolute atomic E-state index is 10.4. The van der Waals surface area contributed by atoms with Gasteiger partial charge in [-0.3, -0.25) is 4.79 Å². The van der Waals surface area contributed by atoms with Gasteiger partial charge in [-0.05, 0) is 20.3 Å². The molecule has 0 fully saturated rings. The molecule has 4 heteroatoms. The monoisotopic (exact) mass is 162 g/mol. The average molecular weight is 162 g/mol. The van der Waals surface area contributed by atoms with Gasteiger partial charge in [-0.15, -0.1) is 0 Å². The van der Waals surface area contributed by atoms with Crippen LogP contribution in [0.5, 0.6) is 0 Å². The minimum atomic E-state index is -1.32. The summed E-state index contributed by atoms with van der Waals surface area (Å²) in [6.07, 6.45) is 0.0838. The second-order valence-corrected chi connectivity index (χ2v) is 2.89. The first-order chi connectivity index (χ1) is 4.91. The van der Waals surface area contributed by atoms with Crippen LogP contribution in [0.2, 0.25) is 0 Å². The van der Waals surface area contributed by atoms with Gasteiger partial charge >= 0.3 is 5.97 Å². The number of carbonyl (C=O) groups is 1. The normalized spacial score (nSPS) is 18.9. The summed E-state index contributed by atoms with van der Waals surface area (Å²) < 4.78 is 0. The van der Waals surface area contributed by atoms with Gasteiger partial charge in [0, 0.05) is 6.61 Å². The Balaban J connectivity index is 4.16. The van der Waals surface area contributed by atoms with Crippen LogP contribution in [0, 0.1) is 5.92 Å². The van der Waals surface area contributed by atoms with Gasteiger partial charge in [0.1, 0.15) is 0 Å². The van der Waals surface area contributed by atoms with Gasteiger partial charge in [-0.1, -0.05) is 0 Å². The molecule has 4 nitrogen and oxygen atoms in total. The number of rotatable bonds is 4. The molecular formula is C7H14O4. The highest BCUT2D eigenvalue weighted by molar-refractivity contribution is 5.70. The third-order valence-electron chi connectivity index (χ3n) is 1.92. The van der Waals surface area contributed by atoms with Gasteiger partial charge in [-0.25, -0.2) is 0 Å². The van der Waals surface area contributed by atoms with E-state index in [-0.39, 0.29) is 13.0 Å². The van der Waals surface area contributed by atoms with Gasteiger partial charge in [0.05, 0.1) is 11.5 Å². The quantitative estimate of drug-likeness (QED) is 0.536. The van der Waals surface area contributed by atoms with Crippen molar-refractivity contribution in [1.29, 1.82) is 0 Å². The molecule has 11 heavy (non-hydrogen) atoms. The minimum absolute atomic E-state index is 0.0838. The largest absolute Gasteiger partial charge is 0.481 e. The Hall–Kier alpha value is -0.610. The Kier molecular flexibility index (Phi) is 3.48. The predicted molar refractivity (Wildman–Crippen MR) is 39.1 cm³/mol. The van der Waals surface area contributed by atoms with Crippen molar-refractivity contribution in [3.8, 4) is 0 Å². The van der Waals surface area contributed by atoms with Crippen molar-refractivity contribution in [2.75, 3.05) is 6.61 Å². The molecule has 0 aromatic rings. The van der Waals surface area contributed by atoms with Crippen LogP contribution in [0.25, 0.3) is 0 Å². The molecule has 2 unspecified atom stereocenters. The van der Waals surface area contributed by atoms with Gasteiger partial charge in [0.2, 0.25) is 0 Å². The Morgan fingerprint density at radius 1 is 1.64 bits per heavy atom. The summed E-state index contributed by atoms with van der Waals surface area (Å²) in [6.45, 7) is 2.62. The number of hydrogen-bond acceptors (Lipinski definition) is 3. The fraction of sp³-hybridized carbons (Fsp3) is 0.857. The maximum Gasteiger partial charge on any atom is 0.309 e. The molecule has 0 aliphatic carbocycles. The Morgan fingerprint density at radius 3 is 2.36 bits per heavy atom. The van der Waals surface area contributed by atoms with Gasteiger partial charge < -0.3 is 15.3 Å². The Morgan fingerprint density at radius 2 is 2.09 bits per heavy atom. The van der Waals surface area contributed by atoms with Crippen molar-refractivity contribution < 1.29 is 20.1 Å². The second kappa shape index (κ2) is 3.69. The zero-order valence-corrected chi connectivity index (χ0v) is 6.74. The van der Waals surface area contributed by atoms with Gasteiger partial charge in [0.25, 0.3) is 0 Å². The number of aliphatic hydroxyl groups excluding tert-OH is 1. The highest BCUT2D eigenvalue weighted by Gasteiger charge is 2.32. The highest BCUT2D eigenvalue weighted by Crippen LogP contribution is 2.20. The molecule has 3 N–H and O–H groups in total. The fourth-order valence-corrected chi connectivity index (χ4v) is 0.709. The number of carboxylic acids is 1. The molecule has 2 atom stereocenters.